The third-order valence-corrected chi connectivity index (χ3v) is 12.1. The molecule has 1 aliphatic heterocycles. The summed E-state index contributed by atoms with van der Waals surface area (Å²) >= 11 is 0. The topological polar surface area (TPSA) is 90.4 Å². The molecule has 292 valence electrons. The molecular formula is C52H39N9. The fourth-order valence-corrected chi connectivity index (χ4v) is 9.25. The number of anilines is 1. The molecule has 9 heteroatoms. The van der Waals surface area contributed by atoms with Crippen LogP contribution in [0.15, 0.2) is 199 Å². The van der Waals surface area contributed by atoms with Gasteiger partial charge in [0.25, 0.3) is 0 Å². The van der Waals surface area contributed by atoms with Crippen molar-refractivity contribution in [3.63, 3.8) is 0 Å². The molecule has 0 spiro atoms. The molecule has 61 heavy (non-hydrogen) atoms. The van der Waals surface area contributed by atoms with E-state index in [2.05, 4.69) is 168 Å². The monoisotopic (exact) mass is 789 g/mol. The van der Waals surface area contributed by atoms with Crippen LogP contribution < -0.4 is 4.90 Å². The molecule has 9 nitrogen and oxygen atoms in total. The normalized spacial score (nSPS) is 19.5. The van der Waals surface area contributed by atoms with E-state index in [9.17, 15) is 0 Å². The molecule has 7 aromatic rings. The summed E-state index contributed by atoms with van der Waals surface area (Å²) in [6.07, 6.45) is 33.5. The van der Waals surface area contributed by atoms with Gasteiger partial charge in [-0.15, -0.1) is 5.73 Å². The summed E-state index contributed by atoms with van der Waals surface area (Å²) in [7, 11) is 0. The highest BCUT2D eigenvalue weighted by molar-refractivity contribution is 6.10. The number of pyridine rings is 2. The minimum atomic E-state index is -0.142. The molecular weight excluding hydrogens is 751 g/mol. The molecule has 0 saturated heterocycles. The van der Waals surface area contributed by atoms with E-state index in [-0.39, 0.29) is 5.41 Å². The standard InChI is InChI=1S/C50H33N9.C2H6/c1-32-17-19-50(27-43(50)46(32)49-53-21-22-57(49)36-9-3-2-4-10-36)35-15-16-39-24-33(23-35)40-18-20-51-29-45(40)58(39)37-11-5-6-12-38(26-37)59-44-14-8-7-13-41(44)42-25-34(28-54-48(42)59)47-55-30-52-31-56-47;1-2/h2-4,6-23,25-26,28-31,43H,27H2,1H3;1-2H3. The van der Waals surface area contributed by atoms with Crippen LogP contribution >= 0.6 is 0 Å². The lowest BCUT2D eigenvalue weighted by Crippen LogP contribution is -2.23. The molecule has 0 amide bonds. The minimum Gasteiger partial charge on any atom is -0.301 e. The molecule has 2 aromatic carbocycles. The molecule has 5 aromatic heterocycles. The van der Waals surface area contributed by atoms with E-state index in [1.165, 1.54) is 29.4 Å². The van der Waals surface area contributed by atoms with Crippen molar-refractivity contribution in [2.45, 2.75) is 27.2 Å². The number of para-hydroxylation sites is 2. The molecule has 2 bridgehead atoms. The number of allylic oxidation sites excluding steroid dienone is 12. The Morgan fingerprint density at radius 3 is 2.54 bits per heavy atom. The largest absolute Gasteiger partial charge is 0.301 e. The van der Waals surface area contributed by atoms with Crippen LogP contribution in [0.3, 0.4) is 0 Å². The lowest BCUT2D eigenvalue weighted by molar-refractivity contribution is 0.744. The zero-order chi connectivity index (χ0) is 41.1. The highest BCUT2D eigenvalue weighted by Crippen LogP contribution is 2.67. The Labute approximate surface area is 353 Å². The van der Waals surface area contributed by atoms with E-state index >= 15 is 0 Å². The molecule has 6 heterocycles. The molecule has 12 rings (SSSR count). The van der Waals surface area contributed by atoms with Gasteiger partial charge in [-0.2, -0.15) is 0 Å². The molecule has 2 unspecified atom stereocenters. The Kier molecular flexibility index (Phi) is 8.53. The van der Waals surface area contributed by atoms with E-state index in [0.29, 0.717) is 11.7 Å². The number of imidazole rings is 1. The average molecular weight is 790 g/mol. The second kappa shape index (κ2) is 14.4. The first-order valence-corrected chi connectivity index (χ1v) is 20.7. The van der Waals surface area contributed by atoms with Gasteiger partial charge in [0.1, 0.15) is 24.1 Å². The molecule has 1 fully saturated rings. The maximum absolute atomic E-state index is 5.02. The first kappa shape index (κ1) is 36.1. The van der Waals surface area contributed by atoms with Crippen LogP contribution in [-0.2, 0) is 0 Å². The fraction of sp³-hybridized carbons (Fsp3) is 0.115. The number of hydrogen-bond donors (Lipinski definition) is 0. The van der Waals surface area contributed by atoms with Crippen molar-refractivity contribution in [2.24, 2.45) is 11.3 Å². The van der Waals surface area contributed by atoms with Gasteiger partial charge in [-0.1, -0.05) is 74.2 Å². The van der Waals surface area contributed by atoms with Gasteiger partial charge < -0.3 is 9.47 Å². The van der Waals surface area contributed by atoms with E-state index in [1.54, 1.807) is 0 Å². The number of benzene rings is 2. The maximum atomic E-state index is 5.02. The van der Waals surface area contributed by atoms with Crippen LogP contribution in [-0.4, -0.2) is 39.0 Å². The van der Waals surface area contributed by atoms with Gasteiger partial charge in [0.05, 0.1) is 34.5 Å². The molecule has 2 atom stereocenters. The van der Waals surface area contributed by atoms with Gasteiger partial charge in [-0.3, -0.25) is 9.55 Å². The lowest BCUT2D eigenvalue weighted by atomic mass is 9.83. The third-order valence-electron chi connectivity index (χ3n) is 12.1. The summed E-state index contributed by atoms with van der Waals surface area (Å²) in [6, 6.07) is 23.1. The van der Waals surface area contributed by atoms with Crippen molar-refractivity contribution < 1.29 is 0 Å². The van der Waals surface area contributed by atoms with Crippen molar-refractivity contribution in [2.75, 3.05) is 4.90 Å². The van der Waals surface area contributed by atoms with Crippen molar-refractivity contribution in [3.05, 3.63) is 210 Å². The maximum Gasteiger partial charge on any atom is 0.164 e. The van der Waals surface area contributed by atoms with E-state index in [0.717, 1.165) is 79.3 Å². The van der Waals surface area contributed by atoms with Gasteiger partial charge >= 0.3 is 0 Å². The summed E-state index contributed by atoms with van der Waals surface area (Å²) in [5, 5.41) is 2.10. The number of nitrogens with zero attached hydrogens (tertiary/aromatic N) is 9. The average Bonchev–Trinajstić information content (AvgIpc) is 3.89. The zero-order valence-electron chi connectivity index (χ0n) is 33.9. The van der Waals surface area contributed by atoms with Crippen LogP contribution in [0, 0.1) is 11.3 Å². The predicted octanol–water partition coefficient (Wildman–Crippen LogP) is 11.0. The SMILES string of the molecule is CC.CC1=C(c2nccn2-c2ccccc2)C2CC2(C2=CC3=C=C(C=C2)N(C2=CC(n4c5ccccc5c5cc(-c6ncncn6)cnc54)=CC=C=C2)c2cnccc23)C=C1. The second-order valence-corrected chi connectivity index (χ2v) is 15.3. The number of rotatable bonds is 6. The van der Waals surface area contributed by atoms with Crippen LogP contribution in [0.4, 0.5) is 5.69 Å². The first-order chi connectivity index (χ1) is 30.1. The number of fused-ring (bicyclic) bond motifs is 6. The van der Waals surface area contributed by atoms with Crippen LogP contribution in [0.5, 0.6) is 0 Å². The summed E-state index contributed by atoms with van der Waals surface area (Å²) in [5.41, 5.74) is 20.7. The van der Waals surface area contributed by atoms with Gasteiger partial charge in [-0.25, -0.2) is 24.9 Å². The van der Waals surface area contributed by atoms with Crippen molar-refractivity contribution in [1.82, 2.24) is 39.0 Å². The minimum absolute atomic E-state index is 0.142. The summed E-state index contributed by atoms with van der Waals surface area (Å²) in [6.45, 7) is 6.21. The smallest absolute Gasteiger partial charge is 0.164 e. The molecule has 4 aliphatic carbocycles. The van der Waals surface area contributed by atoms with Gasteiger partial charge in [0, 0.05) is 80.9 Å². The zero-order valence-corrected chi connectivity index (χ0v) is 33.9. The Balaban J connectivity index is 0.00000207. The van der Waals surface area contributed by atoms with Gasteiger partial charge in [-0.05, 0) is 85.2 Å². The summed E-state index contributed by atoms with van der Waals surface area (Å²) < 4.78 is 4.43. The van der Waals surface area contributed by atoms with Gasteiger partial charge in [0.2, 0.25) is 0 Å². The predicted molar refractivity (Wildman–Crippen MR) is 243 cm³/mol. The molecule has 1 saturated carbocycles. The third kappa shape index (κ3) is 5.79. The Bertz CT molecular complexity index is 3280. The Morgan fingerprint density at radius 2 is 1.66 bits per heavy atom. The van der Waals surface area contributed by atoms with Crippen LogP contribution in [0.2, 0.25) is 0 Å². The quantitative estimate of drug-likeness (QED) is 0.155. The van der Waals surface area contributed by atoms with Crippen LogP contribution in [0.25, 0.3) is 55.9 Å². The van der Waals surface area contributed by atoms with Crippen LogP contribution in [0.1, 0.15) is 38.6 Å². The van der Waals surface area contributed by atoms with Crippen molar-refractivity contribution >= 4 is 44.5 Å². The number of aromatic nitrogens is 8. The van der Waals surface area contributed by atoms with Gasteiger partial charge in [0.15, 0.2) is 5.82 Å². The Morgan fingerprint density at radius 1 is 0.803 bits per heavy atom. The Hall–Kier alpha value is -7.96. The lowest BCUT2D eigenvalue weighted by Gasteiger charge is -2.30. The van der Waals surface area contributed by atoms with E-state index < -0.39 is 0 Å². The first-order valence-electron chi connectivity index (χ1n) is 20.7. The second-order valence-electron chi connectivity index (χ2n) is 15.3. The van der Waals surface area contributed by atoms with E-state index in [4.69, 9.17) is 9.97 Å². The van der Waals surface area contributed by atoms with Crippen molar-refractivity contribution in [3.8, 4) is 17.1 Å². The summed E-state index contributed by atoms with van der Waals surface area (Å²) in [5.74, 6) is 1.90. The van der Waals surface area contributed by atoms with E-state index in [1.807, 2.05) is 50.8 Å². The summed E-state index contributed by atoms with van der Waals surface area (Å²) in [4.78, 5) is 29.6. The molecule has 0 radical (unpaired) electrons. The number of hydrogen-bond acceptors (Lipinski definition) is 7. The molecule has 5 aliphatic rings. The van der Waals surface area contributed by atoms with Crippen molar-refractivity contribution in [1.29, 1.82) is 0 Å². The molecule has 0 N–H and O–H groups in total. The fourth-order valence-electron chi connectivity index (χ4n) is 9.25. The highest BCUT2D eigenvalue weighted by Gasteiger charge is 2.58. The highest BCUT2D eigenvalue weighted by atomic mass is 15.2.